The van der Waals surface area contributed by atoms with Crippen LogP contribution >= 0.6 is 0 Å². The summed E-state index contributed by atoms with van der Waals surface area (Å²) >= 11 is 0. The Morgan fingerprint density at radius 1 is 1.15 bits per heavy atom. The quantitative estimate of drug-likeness (QED) is 0.803. The van der Waals surface area contributed by atoms with Gasteiger partial charge in [0.05, 0.1) is 0 Å². The van der Waals surface area contributed by atoms with E-state index < -0.39 is 0 Å². The van der Waals surface area contributed by atoms with Gasteiger partial charge in [0.15, 0.2) is 0 Å². The van der Waals surface area contributed by atoms with E-state index in [1.807, 2.05) is 0 Å². The molecule has 20 heavy (non-hydrogen) atoms. The second-order valence-corrected chi connectivity index (χ2v) is 6.49. The van der Waals surface area contributed by atoms with Crippen molar-refractivity contribution in [2.24, 2.45) is 0 Å². The summed E-state index contributed by atoms with van der Waals surface area (Å²) in [6.45, 7) is 11.5. The van der Waals surface area contributed by atoms with E-state index in [2.05, 4.69) is 55.9 Å². The zero-order valence-electron chi connectivity index (χ0n) is 13.9. The van der Waals surface area contributed by atoms with E-state index in [0.29, 0.717) is 12.1 Å². The standard InChI is InChI=1S/C17H31N3/c1-13(2)19(14(3)4)11-12-20-15-7-6-8-16(18-5)17(20)10-9-15/h7,13-14,18H,6,8-12H2,1-5H3. The molecule has 0 saturated carbocycles. The fourth-order valence-corrected chi connectivity index (χ4v) is 3.62. The van der Waals surface area contributed by atoms with Crippen LogP contribution in [0, 0.1) is 0 Å². The van der Waals surface area contributed by atoms with E-state index in [0.717, 1.165) is 13.1 Å². The maximum Gasteiger partial charge on any atom is 0.0371 e. The minimum absolute atomic E-state index is 0.617. The van der Waals surface area contributed by atoms with E-state index in [1.54, 1.807) is 11.4 Å². The van der Waals surface area contributed by atoms with Crippen molar-refractivity contribution in [2.45, 2.75) is 65.5 Å². The molecule has 0 spiro atoms. The molecule has 0 aromatic carbocycles. The number of nitrogens with zero attached hydrogens (tertiary/aromatic N) is 2. The maximum absolute atomic E-state index is 3.43. The normalized spacial score (nSPS) is 19.2. The summed E-state index contributed by atoms with van der Waals surface area (Å²) in [5.74, 6) is 0. The molecule has 2 aliphatic rings. The molecule has 2 bridgehead atoms. The highest BCUT2D eigenvalue weighted by Gasteiger charge is 2.27. The van der Waals surface area contributed by atoms with Crippen LogP contribution in [0.4, 0.5) is 0 Å². The Morgan fingerprint density at radius 2 is 1.85 bits per heavy atom. The molecule has 3 heteroatoms. The number of nitrogens with one attached hydrogen (secondary N) is 1. The van der Waals surface area contributed by atoms with Crippen molar-refractivity contribution < 1.29 is 0 Å². The third kappa shape index (κ3) is 3.20. The molecule has 3 nitrogen and oxygen atoms in total. The monoisotopic (exact) mass is 277 g/mol. The lowest BCUT2D eigenvalue weighted by molar-refractivity contribution is 0.163. The predicted molar refractivity (Wildman–Crippen MR) is 86.3 cm³/mol. The van der Waals surface area contributed by atoms with Crippen molar-refractivity contribution >= 4 is 0 Å². The van der Waals surface area contributed by atoms with E-state index in [1.165, 1.54) is 31.4 Å². The summed E-state index contributed by atoms with van der Waals surface area (Å²) in [6.07, 6.45) is 7.25. The number of hydrogen-bond acceptors (Lipinski definition) is 3. The Bertz CT molecular complexity index is 385. The molecule has 0 unspecified atom stereocenters. The first-order chi connectivity index (χ1) is 9.54. The fraction of sp³-hybridized carbons (Fsp3) is 0.765. The first-order valence-electron chi connectivity index (χ1n) is 8.16. The second kappa shape index (κ2) is 6.66. The van der Waals surface area contributed by atoms with Gasteiger partial charge in [0, 0.05) is 49.3 Å². The fourth-order valence-electron chi connectivity index (χ4n) is 3.62. The minimum Gasteiger partial charge on any atom is -0.390 e. The van der Waals surface area contributed by atoms with Gasteiger partial charge in [-0.1, -0.05) is 6.08 Å². The molecule has 2 rings (SSSR count). The van der Waals surface area contributed by atoms with Gasteiger partial charge >= 0.3 is 0 Å². The molecule has 0 atom stereocenters. The lowest BCUT2D eigenvalue weighted by atomic mass is 10.1. The van der Waals surface area contributed by atoms with Crippen LogP contribution in [0.25, 0.3) is 0 Å². The lowest BCUT2D eigenvalue weighted by Crippen LogP contribution is -2.41. The molecular weight excluding hydrogens is 246 g/mol. The maximum atomic E-state index is 3.43. The highest BCUT2D eigenvalue weighted by molar-refractivity contribution is 5.28. The summed E-state index contributed by atoms with van der Waals surface area (Å²) in [7, 11) is 2.07. The minimum atomic E-state index is 0.617. The van der Waals surface area contributed by atoms with Gasteiger partial charge in [0.25, 0.3) is 0 Å². The average molecular weight is 277 g/mol. The Morgan fingerprint density at radius 3 is 2.45 bits per heavy atom. The summed E-state index contributed by atoms with van der Waals surface area (Å²) < 4.78 is 0. The molecule has 0 aliphatic carbocycles. The lowest BCUT2D eigenvalue weighted by Gasteiger charge is -2.33. The number of rotatable bonds is 6. The Balaban J connectivity index is 2.08. The van der Waals surface area contributed by atoms with Crippen molar-refractivity contribution in [2.75, 3.05) is 20.1 Å². The molecule has 0 aromatic heterocycles. The topological polar surface area (TPSA) is 18.5 Å². The Labute approximate surface area is 124 Å². The molecule has 1 saturated heterocycles. The van der Waals surface area contributed by atoms with Crippen LogP contribution in [0.2, 0.25) is 0 Å². The van der Waals surface area contributed by atoms with Gasteiger partial charge < -0.3 is 10.2 Å². The molecule has 2 heterocycles. The van der Waals surface area contributed by atoms with Gasteiger partial charge in [0.1, 0.15) is 0 Å². The third-order valence-corrected chi connectivity index (χ3v) is 4.62. The zero-order chi connectivity index (χ0) is 14.7. The van der Waals surface area contributed by atoms with Crippen molar-refractivity contribution in [3.63, 3.8) is 0 Å². The van der Waals surface area contributed by atoms with Crippen LogP contribution in [0.3, 0.4) is 0 Å². The molecule has 0 aromatic rings. The van der Waals surface area contributed by atoms with Crippen LogP contribution in [0.15, 0.2) is 23.2 Å². The predicted octanol–water partition coefficient (Wildman–Crippen LogP) is 3.31. The van der Waals surface area contributed by atoms with Crippen LogP contribution in [0.5, 0.6) is 0 Å². The summed E-state index contributed by atoms with van der Waals surface area (Å²) in [6, 6.07) is 1.23. The SMILES string of the molecule is CNC1=C2CCC(=CCC1)N2CCN(C(C)C)C(C)C. The van der Waals surface area contributed by atoms with E-state index in [9.17, 15) is 0 Å². The molecular formula is C17H31N3. The van der Waals surface area contributed by atoms with Gasteiger partial charge in [-0.25, -0.2) is 0 Å². The Kier molecular flexibility index (Phi) is 5.14. The summed E-state index contributed by atoms with van der Waals surface area (Å²) in [5.41, 5.74) is 4.55. The number of allylic oxidation sites excluding steroid dienone is 4. The van der Waals surface area contributed by atoms with Crippen LogP contribution in [-0.4, -0.2) is 42.0 Å². The van der Waals surface area contributed by atoms with Crippen LogP contribution in [0.1, 0.15) is 53.4 Å². The molecule has 0 amide bonds. The molecule has 1 fully saturated rings. The van der Waals surface area contributed by atoms with Crippen molar-refractivity contribution in [3.05, 3.63) is 23.2 Å². The van der Waals surface area contributed by atoms with Gasteiger partial charge in [0.2, 0.25) is 0 Å². The van der Waals surface area contributed by atoms with Gasteiger partial charge in [-0.15, -0.1) is 0 Å². The van der Waals surface area contributed by atoms with Gasteiger partial charge in [-0.3, -0.25) is 4.90 Å². The van der Waals surface area contributed by atoms with Crippen LogP contribution in [-0.2, 0) is 0 Å². The van der Waals surface area contributed by atoms with Crippen molar-refractivity contribution in [3.8, 4) is 0 Å². The van der Waals surface area contributed by atoms with E-state index in [-0.39, 0.29) is 0 Å². The highest BCUT2D eigenvalue weighted by Crippen LogP contribution is 2.35. The van der Waals surface area contributed by atoms with E-state index >= 15 is 0 Å². The second-order valence-electron chi connectivity index (χ2n) is 6.49. The average Bonchev–Trinajstić information content (AvgIpc) is 2.66. The molecule has 0 radical (unpaired) electrons. The molecule has 2 aliphatic heterocycles. The number of hydrogen-bond donors (Lipinski definition) is 1. The first kappa shape index (κ1) is 15.4. The van der Waals surface area contributed by atoms with Gasteiger partial charge in [-0.05, 0) is 53.4 Å². The smallest absolute Gasteiger partial charge is 0.0371 e. The van der Waals surface area contributed by atoms with Crippen molar-refractivity contribution in [1.82, 2.24) is 15.1 Å². The van der Waals surface area contributed by atoms with E-state index in [4.69, 9.17) is 0 Å². The first-order valence-corrected chi connectivity index (χ1v) is 8.16. The summed E-state index contributed by atoms with van der Waals surface area (Å²) in [5, 5.41) is 3.43. The van der Waals surface area contributed by atoms with Crippen LogP contribution < -0.4 is 5.32 Å². The highest BCUT2D eigenvalue weighted by atomic mass is 15.2. The largest absolute Gasteiger partial charge is 0.390 e. The summed E-state index contributed by atoms with van der Waals surface area (Å²) in [4.78, 5) is 5.17. The molecule has 114 valence electrons. The van der Waals surface area contributed by atoms with Gasteiger partial charge in [-0.2, -0.15) is 0 Å². The molecule has 1 N–H and O–H groups in total. The Hall–Kier alpha value is -0.960. The third-order valence-electron chi connectivity index (χ3n) is 4.62. The van der Waals surface area contributed by atoms with Crippen molar-refractivity contribution in [1.29, 1.82) is 0 Å². The zero-order valence-corrected chi connectivity index (χ0v) is 13.9. The number of fused-ring (bicyclic) bond motifs is 2.